The molecule has 39 heavy (non-hydrogen) atoms. The number of aromatic nitrogens is 1. The molecule has 0 fully saturated rings. The van der Waals surface area contributed by atoms with E-state index < -0.39 is 23.9 Å². The average Bonchev–Trinajstić information content (AvgIpc) is 3.45. The van der Waals surface area contributed by atoms with Gasteiger partial charge in [-0.05, 0) is 54.7 Å². The molecule has 3 N–H and O–H groups in total. The maximum absolute atomic E-state index is 12.5. The fourth-order valence-electron chi connectivity index (χ4n) is 4.69. The van der Waals surface area contributed by atoms with Crippen LogP contribution in [0, 0.1) is 11.3 Å². The van der Waals surface area contributed by atoms with Gasteiger partial charge in [-0.15, -0.1) is 0 Å². The molecule has 1 aromatic heterocycles. The van der Waals surface area contributed by atoms with Crippen molar-refractivity contribution in [1.82, 2.24) is 10.3 Å². The van der Waals surface area contributed by atoms with Gasteiger partial charge in [0.15, 0.2) is 0 Å². The van der Waals surface area contributed by atoms with Gasteiger partial charge in [0.05, 0.1) is 6.07 Å². The van der Waals surface area contributed by atoms with Gasteiger partial charge in [-0.25, -0.2) is 9.59 Å². The summed E-state index contributed by atoms with van der Waals surface area (Å²) in [6, 6.07) is 25.8. The molecule has 0 saturated carbocycles. The maximum Gasteiger partial charge on any atom is 0.506 e. The molecule has 4 aromatic rings. The zero-order chi connectivity index (χ0) is 28.0. The first kappa shape index (κ1) is 27.3. The number of hydrogen-bond acceptors (Lipinski definition) is 5. The van der Waals surface area contributed by atoms with Gasteiger partial charge in [0.1, 0.15) is 18.2 Å². The van der Waals surface area contributed by atoms with E-state index in [9.17, 15) is 14.9 Å². The molecule has 1 aliphatic rings. The number of fused-ring (bicyclic) bond motifs is 4. The summed E-state index contributed by atoms with van der Waals surface area (Å²) < 4.78 is 9.92. The van der Waals surface area contributed by atoms with Crippen LogP contribution in [0.15, 0.2) is 79.0 Å². The first-order chi connectivity index (χ1) is 18.7. The zero-order valence-corrected chi connectivity index (χ0v) is 22.1. The molecule has 3 aromatic carbocycles. The van der Waals surface area contributed by atoms with E-state index in [1.807, 2.05) is 54.7 Å². The third-order valence-corrected chi connectivity index (χ3v) is 6.28. The number of aromatic amines is 1. The molecule has 1 atom stereocenters. The van der Waals surface area contributed by atoms with Crippen LogP contribution < -0.4 is 5.32 Å². The van der Waals surface area contributed by atoms with Gasteiger partial charge < -0.3 is 24.9 Å². The molecule has 8 nitrogen and oxygen atoms in total. The van der Waals surface area contributed by atoms with Gasteiger partial charge in [-0.3, -0.25) is 0 Å². The quantitative estimate of drug-likeness (QED) is 0.252. The highest BCUT2D eigenvalue weighted by Crippen LogP contribution is 2.44. The van der Waals surface area contributed by atoms with Crippen LogP contribution in [0.5, 0.6) is 0 Å². The monoisotopic (exact) mass is 525 g/mol. The molecule has 8 heteroatoms. The van der Waals surface area contributed by atoms with Gasteiger partial charge in [0.2, 0.25) is 0 Å². The Morgan fingerprint density at radius 3 is 2.15 bits per heavy atom. The first-order valence-electron chi connectivity index (χ1n) is 12.6. The minimum atomic E-state index is -1.22. The smallest absolute Gasteiger partial charge is 0.450 e. The van der Waals surface area contributed by atoms with Gasteiger partial charge in [0.25, 0.3) is 0 Å². The topological polar surface area (TPSA) is 124 Å². The number of carboxylic acid groups (broad SMARTS) is 1. The Kier molecular flexibility index (Phi) is 8.21. The van der Waals surface area contributed by atoms with Crippen molar-refractivity contribution in [3.63, 3.8) is 0 Å². The number of nitrogens with one attached hydrogen (secondary N) is 2. The van der Waals surface area contributed by atoms with Gasteiger partial charge in [-0.2, -0.15) is 5.26 Å². The van der Waals surface area contributed by atoms with E-state index in [0.717, 1.165) is 27.6 Å². The lowest BCUT2D eigenvalue weighted by Crippen LogP contribution is -2.36. The van der Waals surface area contributed by atoms with Crippen LogP contribution in [0.3, 0.4) is 0 Å². The summed E-state index contributed by atoms with van der Waals surface area (Å²) in [5.74, 6) is -0.00713. The van der Waals surface area contributed by atoms with Crippen molar-refractivity contribution in [3.05, 3.63) is 95.7 Å². The van der Waals surface area contributed by atoms with Crippen molar-refractivity contribution in [2.24, 2.45) is 0 Å². The molecule has 1 amide bonds. The third-order valence-electron chi connectivity index (χ3n) is 6.28. The fourth-order valence-corrected chi connectivity index (χ4v) is 4.69. The highest BCUT2D eigenvalue weighted by atomic mass is 16.7. The summed E-state index contributed by atoms with van der Waals surface area (Å²) in [5.41, 5.74) is 6.10. The predicted octanol–water partition coefficient (Wildman–Crippen LogP) is 6.62. The Balaban J connectivity index is 0.000000386. The molecule has 1 aliphatic carbocycles. The van der Waals surface area contributed by atoms with Crippen molar-refractivity contribution in [2.75, 3.05) is 6.61 Å². The van der Waals surface area contributed by atoms with E-state index in [1.165, 1.54) is 11.1 Å². The molecular formula is C31H31N3O5. The van der Waals surface area contributed by atoms with Crippen molar-refractivity contribution in [1.29, 1.82) is 5.26 Å². The number of para-hydroxylation sites is 1. The predicted molar refractivity (Wildman–Crippen MR) is 148 cm³/mol. The highest BCUT2D eigenvalue weighted by molar-refractivity contribution is 5.83. The second-order valence-corrected chi connectivity index (χ2v) is 10.2. The number of ether oxygens (including phenoxy) is 2. The lowest BCUT2D eigenvalue weighted by molar-refractivity contribution is 0.0150. The number of benzene rings is 3. The Morgan fingerprint density at radius 2 is 1.59 bits per heavy atom. The molecule has 0 bridgehead atoms. The van der Waals surface area contributed by atoms with Crippen molar-refractivity contribution in [2.45, 2.75) is 44.8 Å². The van der Waals surface area contributed by atoms with E-state index in [2.05, 4.69) is 45.4 Å². The number of carbonyl (C=O) groups excluding carboxylic acids is 1. The van der Waals surface area contributed by atoms with Gasteiger partial charge in [-0.1, -0.05) is 66.7 Å². The molecular weight excluding hydrogens is 494 g/mol. The normalized spacial score (nSPS) is 12.8. The van der Waals surface area contributed by atoms with E-state index in [-0.39, 0.29) is 12.5 Å². The van der Waals surface area contributed by atoms with Gasteiger partial charge in [0, 0.05) is 29.4 Å². The minimum Gasteiger partial charge on any atom is -0.450 e. The van der Waals surface area contributed by atoms with Crippen LogP contribution in [0.2, 0.25) is 0 Å². The largest absolute Gasteiger partial charge is 0.506 e. The SMILES string of the molecule is CC(C)(C)OC(=O)O.N#CC(Cc1c[nH]c2ccccc12)NC(=O)OCC1c2ccccc2-c2ccccc21. The van der Waals surface area contributed by atoms with Crippen molar-refractivity contribution >= 4 is 23.2 Å². The Morgan fingerprint density at radius 1 is 1.00 bits per heavy atom. The molecule has 1 heterocycles. The minimum absolute atomic E-state index is 0.00713. The summed E-state index contributed by atoms with van der Waals surface area (Å²) in [4.78, 5) is 25.5. The number of H-pyrrole nitrogens is 1. The molecule has 200 valence electrons. The van der Waals surface area contributed by atoms with E-state index >= 15 is 0 Å². The average molecular weight is 526 g/mol. The van der Waals surface area contributed by atoms with Gasteiger partial charge >= 0.3 is 12.2 Å². The molecule has 0 aliphatic heterocycles. The Hall–Kier alpha value is -4.77. The van der Waals surface area contributed by atoms with Crippen LogP contribution in [0.4, 0.5) is 9.59 Å². The zero-order valence-electron chi connectivity index (χ0n) is 22.1. The number of alkyl carbamates (subject to hydrolysis) is 1. The van der Waals surface area contributed by atoms with E-state index in [4.69, 9.17) is 9.84 Å². The number of nitriles is 1. The Labute approximate surface area is 227 Å². The maximum atomic E-state index is 12.5. The number of hydrogen-bond donors (Lipinski definition) is 3. The lowest BCUT2D eigenvalue weighted by atomic mass is 9.98. The number of carbonyl (C=O) groups is 2. The first-order valence-corrected chi connectivity index (χ1v) is 12.6. The summed E-state index contributed by atoms with van der Waals surface area (Å²) in [5, 5.41) is 21.3. The highest BCUT2D eigenvalue weighted by Gasteiger charge is 2.29. The van der Waals surface area contributed by atoms with Crippen LogP contribution in [-0.2, 0) is 15.9 Å². The Bertz CT molecular complexity index is 1470. The molecule has 5 rings (SSSR count). The molecule has 0 radical (unpaired) electrons. The summed E-state index contributed by atoms with van der Waals surface area (Å²) >= 11 is 0. The van der Waals surface area contributed by atoms with Crippen LogP contribution in [-0.4, -0.2) is 40.6 Å². The van der Waals surface area contributed by atoms with E-state index in [1.54, 1.807) is 20.8 Å². The second kappa shape index (κ2) is 11.7. The van der Waals surface area contributed by atoms with Crippen molar-refractivity contribution < 1.29 is 24.2 Å². The number of nitrogens with zero attached hydrogens (tertiary/aromatic N) is 1. The van der Waals surface area contributed by atoms with Crippen molar-refractivity contribution in [3.8, 4) is 17.2 Å². The standard InChI is InChI=1S/C26H21N3O2.C5H10O3/c27-14-18(13-17-15-28-25-12-6-5-7-19(17)25)29-26(30)31-16-24-22-10-3-1-8-20(22)21-9-2-4-11-23(21)24;1-5(2,3)8-4(6)7/h1-12,15,18,24,28H,13,16H2,(H,29,30);1-3H3,(H,6,7). The fraction of sp³-hybridized carbons (Fsp3) is 0.258. The van der Waals surface area contributed by atoms with Crippen LogP contribution in [0.1, 0.15) is 43.4 Å². The van der Waals surface area contributed by atoms with E-state index in [0.29, 0.717) is 6.42 Å². The summed E-state index contributed by atoms with van der Waals surface area (Å²) in [7, 11) is 0. The summed E-state index contributed by atoms with van der Waals surface area (Å²) in [6.07, 6.45) is 0.491. The van der Waals surface area contributed by atoms with Crippen LogP contribution in [0.25, 0.3) is 22.0 Å². The number of rotatable bonds is 5. The molecule has 0 saturated heterocycles. The molecule has 1 unspecified atom stereocenters. The lowest BCUT2D eigenvalue weighted by Gasteiger charge is -2.16. The molecule has 0 spiro atoms. The van der Waals surface area contributed by atoms with Crippen LogP contribution >= 0.6 is 0 Å². The number of amides is 1. The third kappa shape index (κ3) is 6.76. The summed E-state index contributed by atoms with van der Waals surface area (Å²) in [6.45, 7) is 5.27. The second-order valence-electron chi connectivity index (χ2n) is 10.2.